The average Bonchev–Trinajstić information content (AvgIpc) is 2.70. The Bertz CT molecular complexity index is 521. The third-order valence-electron chi connectivity index (χ3n) is 3.08. The van der Waals surface area contributed by atoms with Crippen LogP contribution in [-0.4, -0.2) is 39.5 Å². The summed E-state index contributed by atoms with van der Waals surface area (Å²) in [6.45, 7) is 4.96. The molecule has 1 rings (SSSR count). The van der Waals surface area contributed by atoms with Gasteiger partial charge in [-0.2, -0.15) is 0 Å². The molecule has 0 bridgehead atoms. The van der Waals surface area contributed by atoms with Gasteiger partial charge in [-0.15, -0.1) is 0 Å². The number of hydrogen-bond acceptors (Lipinski definition) is 4. The zero-order valence-corrected chi connectivity index (χ0v) is 12.6. The van der Waals surface area contributed by atoms with Crippen molar-refractivity contribution in [2.75, 3.05) is 13.1 Å². The van der Waals surface area contributed by atoms with Crippen molar-refractivity contribution in [2.24, 2.45) is 0 Å². The van der Waals surface area contributed by atoms with Crippen LogP contribution in [0.5, 0.6) is 0 Å². The van der Waals surface area contributed by atoms with Gasteiger partial charge in [0.2, 0.25) is 5.91 Å². The molecule has 0 saturated heterocycles. The van der Waals surface area contributed by atoms with E-state index in [1.54, 1.807) is 9.95 Å². The van der Waals surface area contributed by atoms with Crippen LogP contribution in [0.1, 0.15) is 31.9 Å². The minimum Gasteiger partial charge on any atom is -0.481 e. The Hall–Kier alpha value is -1.63. The maximum atomic E-state index is 11.9. The van der Waals surface area contributed by atoms with Crippen LogP contribution in [0, 0.1) is 6.92 Å². The number of aromatic nitrogens is 1. The highest BCUT2D eigenvalue weighted by atomic mass is 32.1. The van der Waals surface area contributed by atoms with Gasteiger partial charge in [0, 0.05) is 37.1 Å². The number of nitrogens with zero attached hydrogens (tertiary/aromatic N) is 2. The van der Waals surface area contributed by atoms with Gasteiger partial charge in [-0.3, -0.25) is 14.4 Å². The number of rotatable bonds is 8. The third kappa shape index (κ3) is 4.80. The van der Waals surface area contributed by atoms with Crippen molar-refractivity contribution >= 4 is 23.2 Å². The first-order valence-corrected chi connectivity index (χ1v) is 7.48. The summed E-state index contributed by atoms with van der Waals surface area (Å²) in [6.07, 6.45) is 0.873. The Labute approximate surface area is 121 Å². The van der Waals surface area contributed by atoms with Crippen LogP contribution in [0.15, 0.2) is 10.2 Å². The molecule has 0 aliphatic carbocycles. The second kappa shape index (κ2) is 7.84. The van der Waals surface area contributed by atoms with Crippen LogP contribution in [0.25, 0.3) is 0 Å². The van der Waals surface area contributed by atoms with Crippen LogP contribution in [-0.2, 0) is 16.1 Å². The Kier molecular flexibility index (Phi) is 6.44. The van der Waals surface area contributed by atoms with E-state index >= 15 is 0 Å². The lowest BCUT2D eigenvalue weighted by Gasteiger charge is -2.20. The molecule has 1 amide bonds. The molecule has 7 heteroatoms. The molecule has 112 valence electrons. The number of carbonyl (C=O) groups is 2. The average molecular weight is 300 g/mol. The summed E-state index contributed by atoms with van der Waals surface area (Å²) >= 11 is 1.16. The summed E-state index contributed by atoms with van der Waals surface area (Å²) in [7, 11) is 0. The lowest BCUT2D eigenvalue weighted by molar-refractivity contribution is -0.138. The van der Waals surface area contributed by atoms with Gasteiger partial charge < -0.3 is 14.6 Å². The van der Waals surface area contributed by atoms with Crippen LogP contribution >= 0.6 is 11.3 Å². The summed E-state index contributed by atoms with van der Waals surface area (Å²) in [6, 6.07) is 0. The van der Waals surface area contributed by atoms with E-state index in [2.05, 4.69) is 0 Å². The maximum Gasteiger partial charge on any atom is 0.307 e. The minimum atomic E-state index is -0.906. The molecule has 6 nitrogen and oxygen atoms in total. The molecule has 0 aliphatic heterocycles. The molecule has 0 fully saturated rings. The van der Waals surface area contributed by atoms with Crippen LogP contribution in [0.3, 0.4) is 0 Å². The zero-order chi connectivity index (χ0) is 15.1. The molecule has 1 aromatic heterocycles. The van der Waals surface area contributed by atoms with Crippen molar-refractivity contribution < 1.29 is 14.7 Å². The number of carboxylic acid groups (broad SMARTS) is 1. The highest BCUT2D eigenvalue weighted by molar-refractivity contribution is 7.07. The van der Waals surface area contributed by atoms with Gasteiger partial charge in [0.25, 0.3) is 0 Å². The second-order valence-corrected chi connectivity index (χ2v) is 5.34. The van der Waals surface area contributed by atoms with Gasteiger partial charge in [-0.1, -0.05) is 11.3 Å². The Morgan fingerprint density at radius 3 is 2.60 bits per heavy atom. The molecule has 0 radical (unpaired) electrons. The fraction of sp³-hybridized carbons (Fsp3) is 0.615. The minimum absolute atomic E-state index is 0.00632. The van der Waals surface area contributed by atoms with Crippen molar-refractivity contribution in [3.8, 4) is 0 Å². The van der Waals surface area contributed by atoms with E-state index in [0.717, 1.165) is 17.0 Å². The van der Waals surface area contributed by atoms with Crippen molar-refractivity contribution in [3.63, 3.8) is 0 Å². The number of thiazole rings is 1. The molecule has 1 heterocycles. The zero-order valence-electron chi connectivity index (χ0n) is 11.8. The molecule has 0 atom stereocenters. The predicted molar refractivity (Wildman–Crippen MR) is 77.1 cm³/mol. The fourth-order valence-electron chi connectivity index (χ4n) is 1.91. The van der Waals surface area contributed by atoms with E-state index in [1.807, 2.05) is 13.8 Å². The van der Waals surface area contributed by atoms with E-state index in [4.69, 9.17) is 5.11 Å². The topological polar surface area (TPSA) is 79.6 Å². The standard InChI is InChI=1S/C13H20N2O4S/c1-3-14(8-6-12(17)18)11(16)5-4-7-15-10(2)9-20-13(15)19/h9H,3-8H2,1-2H3,(H,17,18). The number of carboxylic acids is 1. The highest BCUT2D eigenvalue weighted by Crippen LogP contribution is 2.05. The molecular formula is C13H20N2O4S. The summed E-state index contributed by atoms with van der Waals surface area (Å²) in [5, 5.41) is 10.4. The van der Waals surface area contributed by atoms with Crippen LogP contribution in [0.4, 0.5) is 0 Å². The number of hydrogen-bond donors (Lipinski definition) is 1. The molecule has 0 spiro atoms. The van der Waals surface area contributed by atoms with E-state index in [0.29, 0.717) is 25.9 Å². The van der Waals surface area contributed by atoms with Crippen LogP contribution in [0.2, 0.25) is 0 Å². The van der Waals surface area contributed by atoms with Crippen molar-refractivity contribution in [3.05, 3.63) is 20.7 Å². The first-order chi connectivity index (χ1) is 9.45. The molecule has 0 saturated carbocycles. The molecule has 1 aromatic rings. The van der Waals surface area contributed by atoms with E-state index < -0.39 is 5.97 Å². The highest BCUT2D eigenvalue weighted by Gasteiger charge is 2.13. The molecule has 1 N–H and O–H groups in total. The van der Waals surface area contributed by atoms with E-state index in [-0.39, 0.29) is 23.7 Å². The summed E-state index contributed by atoms with van der Waals surface area (Å²) in [4.78, 5) is 35.5. The molecule has 20 heavy (non-hydrogen) atoms. The summed E-state index contributed by atoms with van der Waals surface area (Å²) in [5.74, 6) is -0.966. The largest absolute Gasteiger partial charge is 0.481 e. The molecule has 0 aromatic carbocycles. The SMILES string of the molecule is CCN(CCC(=O)O)C(=O)CCCn1c(C)csc1=O. The Balaban J connectivity index is 2.42. The normalized spacial score (nSPS) is 10.5. The van der Waals surface area contributed by atoms with E-state index in [1.165, 1.54) is 4.90 Å². The van der Waals surface area contributed by atoms with Gasteiger partial charge in [0.1, 0.15) is 0 Å². The van der Waals surface area contributed by atoms with E-state index in [9.17, 15) is 14.4 Å². The second-order valence-electron chi connectivity index (χ2n) is 4.52. The Morgan fingerprint density at radius 1 is 1.40 bits per heavy atom. The first kappa shape index (κ1) is 16.4. The van der Waals surface area contributed by atoms with Gasteiger partial charge in [0.05, 0.1) is 6.42 Å². The van der Waals surface area contributed by atoms with Gasteiger partial charge in [-0.25, -0.2) is 0 Å². The number of aryl methyl sites for hydroxylation is 1. The monoisotopic (exact) mass is 300 g/mol. The fourth-order valence-corrected chi connectivity index (χ4v) is 2.67. The van der Waals surface area contributed by atoms with Crippen molar-refractivity contribution in [1.82, 2.24) is 9.47 Å². The number of amides is 1. The van der Waals surface area contributed by atoms with Gasteiger partial charge in [0.15, 0.2) is 0 Å². The molecular weight excluding hydrogens is 280 g/mol. The van der Waals surface area contributed by atoms with Crippen LogP contribution < -0.4 is 4.87 Å². The van der Waals surface area contributed by atoms with Gasteiger partial charge in [-0.05, 0) is 20.3 Å². The number of carbonyl (C=O) groups excluding carboxylic acids is 1. The molecule has 0 aliphatic rings. The third-order valence-corrected chi connectivity index (χ3v) is 3.96. The van der Waals surface area contributed by atoms with Crippen molar-refractivity contribution in [1.29, 1.82) is 0 Å². The lowest BCUT2D eigenvalue weighted by Crippen LogP contribution is -2.33. The quantitative estimate of drug-likeness (QED) is 0.785. The summed E-state index contributed by atoms with van der Waals surface area (Å²) in [5.41, 5.74) is 0.908. The predicted octanol–water partition coefficient (Wildman–Crippen LogP) is 1.32. The lowest BCUT2D eigenvalue weighted by atomic mass is 10.2. The van der Waals surface area contributed by atoms with Gasteiger partial charge >= 0.3 is 10.8 Å². The number of aliphatic carboxylic acids is 1. The smallest absolute Gasteiger partial charge is 0.307 e. The Morgan fingerprint density at radius 2 is 2.10 bits per heavy atom. The first-order valence-electron chi connectivity index (χ1n) is 6.60. The maximum absolute atomic E-state index is 11.9. The van der Waals surface area contributed by atoms with Crippen molar-refractivity contribution in [2.45, 2.75) is 39.7 Å². The molecule has 0 unspecified atom stereocenters. The summed E-state index contributed by atoms with van der Waals surface area (Å²) < 4.78 is 1.66.